The van der Waals surface area contributed by atoms with E-state index in [1.54, 1.807) is 0 Å². The average molecular weight is 396 g/mol. The van der Waals surface area contributed by atoms with Crippen LogP contribution in [0.1, 0.15) is 10.4 Å². The van der Waals surface area contributed by atoms with Crippen molar-refractivity contribution >= 4 is 23.3 Å². The summed E-state index contributed by atoms with van der Waals surface area (Å²) in [5.74, 6) is -1.59. The largest absolute Gasteiger partial charge is 0.495 e. The number of ether oxygens (including phenoxy) is 3. The molecule has 0 spiro atoms. The Balaban J connectivity index is 1.96. The number of esters is 1. The predicted octanol–water partition coefficient (Wildman–Crippen LogP) is 3.00. The van der Waals surface area contributed by atoms with Gasteiger partial charge in [0.2, 0.25) is 0 Å². The van der Waals surface area contributed by atoms with Gasteiger partial charge in [0.15, 0.2) is 6.61 Å². The fraction of sp³-hybridized carbons (Fsp3) is 0.176. The molecule has 0 radical (unpaired) electrons. The van der Waals surface area contributed by atoms with Crippen LogP contribution < -0.4 is 14.8 Å². The smallest absolute Gasteiger partial charge is 0.387 e. The molecule has 1 N–H and O–H groups in total. The molecule has 148 valence electrons. The van der Waals surface area contributed by atoms with Gasteiger partial charge in [-0.1, -0.05) is 0 Å². The lowest BCUT2D eigenvalue weighted by Crippen LogP contribution is -2.21. The highest BCUT2D eigenvalue weighted by molar-refractivity contribution is 5.96. The summed E-state index contributed by atoms with van der Waals surface area (Å²) in [6, 6.07) is 8.30. The molecule has 2 rings (SSSR count). The molecule has 0 aliphatic carbocycles. The van der Waals surface area contributed by atoms with E-state index in [2.05, 4.69) is 10.1 Å². The summed E-state index contributed by atoms with van der Waals surface area (Å²) in [7, 11) is 1.32. The van der Waals surface area contributed by atoms with Gasteiger partial charge in [0, 0.05) is 12.1 Å². The summed E-state index contributed by atoms with van der Waals surface area (Å²) < 4.78 is 38.1. The molecule has 1 amide bonds. The van der Waals surface area contributed by atoms with Crippen LogP contribution in [0.3, 0.4) is 0 Å². The zero-order valence-electron chi connectivity index (χ0n) is 14.4. The molecule has 0 unspecified atom stereocenters. The molecule has 0 fully saturated rings. The minimum Gasteiger partial charge on any atom is -0.495 e. The number of nitro benzene ring substituents is 1. The summed E-state index contributed by atoms with van der Waals surface area (Å²) in [5.41, 5.74) is -0.215. The first-order valence-corrected chi connectivity index (χ1v) is 7.64. The number of carbonyl (C=O) groups is 2. The highest BCUT2D eigenvalue weighted by Crippen LogP contribution is 2.28. The van der Waals surface area contributed by atoms with Crippen LogP contribution in [0.5, 0.6) is 11.5 Å². The third-order valence-electron chi connectivity index (χ3n) is 3.32. The number of alkyl halides is 2. The second-order valence-corrected chi connectivity index (χ2v) is 5.17. The normalized spacial score (nSPS) is 10.3. The van der Waals surface area contributed by atoms with Crippen molar-refractivity contribution in [3.8, 4) is 11.5 Å². The van der Waals surface area contributed by atoms with E-state index in [4.69, 9.17) is 9.47 Å². The maximum absolute atomic E-state index is 12.1. The van der Waals surface area contributed by atoms with E-state index in [-0.39, 0.29) is 28.4 Å². The summed E-state index contributed by atoms with van der Waals surface area (Å²) >= 11 is 0. The lowest BCUT2D eigenvalue weighted by molar-refractivity contribution is -0.384. The van der Waals surface area contributed by atoms with Crippen molar-refractivity contribution in [1.82, 2.24) is 0 Å². The van der Waals surface area contributed by atoms with E-state index < -0.39 is 30.0 Å². The average Bonchev–Trinajstić information content (AvgIpc) is 2.66. The minimum atomic E-state index is -2.99. The van der Waals surface area contributed by atoms with Gasteiger partial charge >= 0.3 is 12.6 Å². The van der Waals surface area contributed by atoms with Crippen molar-refractivity contribution in [3.05, 3.63) is 58.1 Å². The molecule has 0 aliphatic heterocycles. The number of rotatable bonds is 8. The molecular weight excluding hydrogens is 382 g/mol. The molecule has 2 aromatic rings. The number of hydrogen-bond acceptors (Lipinski definition) is 7. The van der Waals surface area contributed by atoms with E-state index in [1.807, 2.05) is 0 Å². The lowest BCUT2D eigenvalue weighted by Gasteiger charge is -2.10. The maximum atomic E-state index is 12.1. The standard InChI is InChI=1S/C17H14F2N2O7/c1-26-14-7-4-11(21(24)25)8-13(14)20-15(22)9-27-16(23)10-2-5-12(6-3-10)28-17(18)19/h2-8,17H,9H2,1H3,(H,20,22). The Morgan fingerprint density at radius 3 is 2.43 bits per heavy atom. The van der Waals surface area contributed by atoms with Crippen LogP contribution in [0.15, 0.2) is 42.5 Å². The molecule has 0 bridgehead atoms. The third-order valence-corrected chi connectivity index (χ3v) is 3.32. The summed E-state index contributed by atoms with van der Waals surface area (Å²) in [5, 5.41) is 13.2. The lowest BCUT2D eigenvalue weighted by atomic mass is 10.2. The van der Waals surface area contributed by atoms with Crippen LogP contribution in [-0.4, -0.2) is 37.1 Å². The first kappa shape index (κ1) is 20.6. The third kappa shape index (κ3) is 5.62. The van der Waals surface area contributed by atoms with Crippen molar-refractivity contribution in [2.75, 3.05) is 19.0 Å². The number of hydrogen-bond donors (Lipinski definition) is 1. The van der Waals surface area contributed by atoms with Gasteiger partial charge in [-0.05, 0) is 30.3 Å². The van der Waals surface area contributed by atoms with E-state index in [0.717, 1.165) is 18.2 Å². The Bertz CT molecular complexity index is 872. The second kappa shape index (κ2) is 9.26. The van der Waals surface area contributed by atoms with Gasteiger partial charge < -0.3 is 19.5 Å². The number of carbonyl (C=O) groups excluding carboxylic acids is 2. The van der Waals surface area contributed by atoms with Crippen molar-refractivity contribution in [1.29, 1.82) is 0 Å². The monoisotopic (exact) mass is 396 g/mol. The SMILES string of the molecule is COc1ccc([N+](=O)[O-])cc1NC(=O)COC(=O)c1ccc(OC(F)F)cc1. The van der Waals surface area contributed by atoms with Gasteiger partial charge in [-0.2, -0.15) is 8.78 Å². The predicted molar refractivity (Wildman–Crippen MR) is 91.6 cm³/mol. The van der Waals surface area contributed by atoms with Gasteiger partial charge in [-0.3, -0.25) is 14.9 Å². The number of amides is 1. The fourth-order valence-electron chi connectivity index (χ4n) is 2.08. The number of non-ortho nitro benzene ring substituents is 1. The number of halogens is 2. The summed E-state index contributed by atoms with van der Waals surface area (Å²) in [6.07, 6.45) is 0. The van der Waals surface area contributed by atoms with Gasteiger partial charge in [-0.25, -0.2) is 4.79 Å². The quantitative estimate of drug-likeness (QED) is 0.414. The Morgan fingerprint density at radius 2 is 1.86 bits per heavy atom. The number of benzene rings is 2. The molecule has 2 aromatic carbocycles. The summed E-state index contributed by atoms with van der Waals surface area (Å²) in [4.78, 5) is 34.0. The molecule has 0 aliphatic rings. The molecule has 0 saturated carbocycles. The van der Waals surface area contributed by atoms with Gasteiger partial charge in [0.25, 0.3) is 11.6 Å². The van der Waals surface area contributed by atoms with Crippen molar-refractivity contribution in [2.24, 2.45) is 0 Å². The Labute approximate surface area is 157 Å². The highest BCUT2D eigenvalue weighted by atomic mass is 19.3. The van der Waals surface area contributed by atoms with E-state index in [1.165, 1.54) is 31.4 Å². The van der Waals surface area contributed by atoms with Crippen LogP contribution in [0, 0.1) is 10.1 Å². The Kier molecular flexibility index (Phi) is 6.79. The molecule has 0 aromatic heterocycles. The zero-order chi connectivity index (χ0) is 20.7. The molecule has 0 heterocycles. The number of methoxy groups -OCH3 is 1. The molecular formula is C17H14F2N2O7. The molecule has 0 atom stereocenters. The number of nitrogens with one attached hydrogen (secondary N) is 1. The topological polar surface area (TPSA) is 117 Å². The van der Waals surface area contributed by atoms with Crippen molar-refractivity contribution in [2.45, 2.75) is 6.61 Å². The summed E-state index contributed by atoms with van der Waals surface area (Å²) in [6.45, 7) is -3.67. The first-order chi connectivity index (χ1) is 13.3. The van der Waals surface area contributed by atoms with E-state index in [0.29, 0.717) is 0 Å². The number of anilines is 1. The molecule has 9 nitrogen and oxygen atoms in total. The van der Waals surface area contributed by atoms with Gasteiger partial charge in [0.1, 0.15) is 11.5 Å². The van der Waals surface area contributed by atoms with E-state index >= 15 is 0 Å². The molecule has 0 saturated heterocycles. The molecule has 11 heteroatoms. The number of nitrogens with zero attached hydrogens (tertiary/aromatic N) is 1. The zero-order valence-corrected chi connectivity index (χ0v) is 14.4. The maximum Gasteiger partial charge on any atom is 0.387 e. The van der Waals surface area contributed by atoms with Crippen molar-refractivity contribution in [3.63, 3.8) is 0 Å². The first-order valence-electron chi connectivity index (χ1n) is 7.64. The van der Waals surface area contributed by atoms with Gasteiger partial charge in [-0.15, -0.1) is 0 Å². The van der Waals surface area contributed by atoms with Gasteiger partial charge in [0.05, 0.1) is 23.3 Å². The van der Waals surface area contributed by atoms with Crippen LogP contribution in [0.25, 0.3) is 0 Å². The van der Waals surface area contributed by atoms with Crippen molar-refractivity contribution < 1.29 is 37.5 Å². The van der Waals surface area contributed by atoms with Crippen LogP contribution in [0.2, 0.25) is 0 Å². The van der Waals surface area contributed by atoms with Crippen LogP contribution in [0.4, 0.5) is 20.2 Å². The fourth-order valence-corrected chi connectivity index (χ4v) is 2.08. The highest BCUT2D eigenvalue weighted by Gasteiger charge is 2.16. The Morgan fingerprint density at radius 1 is 1.18 bits per heavy atom. The van der Waals surface area contributed by atoms with Crippen LogP contribution >= 0.6 is 0 Å². The Hall–Kier alpha value is -3.76. The number of nitro groups is 1. The second-order valence-electron chi connectivity index (χ2n) is 5.17. The minimum absolute atomic E-state index is 0.0161. The molecule has 28 heavy (non-hydrogen) atoms. The van der Waals surface area contributed by atoms with Crippen LogP contribution in [-0.2, 0) is 9.53 Å². The van der Waals surface area contributed by atoms with E-state index in [9.17, 15) is 28.5 Å².